The van der Waals surface area contributed by atoms with E-state index >= 15 is 0 Å². The van der Waals surface area contributed by atoms with Crippen molar-refractivity contribution in [1.29, 1.82) is 5.41 Å². The van der Waals surface area contributed by atoms with Crippen LogP contribution in [-0.4, -0.2) is 28.9 Å². The minimum atomic E-state index is -4.33. The number of nitrogens with one attached hydrogen (secondary N) is 2. The van der Waals surface area contributed by atoms with E-state index < -0.39 is 15.3 Å². The third-order valence-corrected chi connectivity index (χ3v) is 4.96. The van der Waals surface area contributed by atoms with Gasteiger partial charge in [0.25, 0.3) is 5.16 Å². The van der Waals surface area contributed by atoms with Gasteiger partial charge in [0.2, 0.25) is 0 Å². The molecule has 1 heterocycles. The Morgan fingerprint density at radius 3 is 2.00 bits per heavy atom. The van der Waals surface area contributed by atoms with Gasteiger partial charge >= 0.3 is 10.1 Å². The number of hydrogen-bond acceptors (Lipinski definition) is 4. The van der Waals surface area contributed by atoms with Crippen LogP contribution in [0.5, 0.6) is 0 Å². The quantitative estimate of drug-likeness (QED) is 0.153. The Morgan fingerprint density at radius 1 is 0.968 bits per heavy atom. The normalized spacial score (nSPS) is 10.5. The summed E-state index contributed by atoms with van der Waals surface area (Å²) < 4.78 is 31.3. The molecule has 0 saturated carbocycles. The molecule has 3 rings (SSSR count). The van der Waals surface area contributed by atoms with Crippen LogP contribution in [0.2, 0.25) is 0 Å². The first-order valence-electron chi connectivity index (χ1n) is 10.3. The van der Waals surface area contributed by atoms with Gasteiger partial charge in [0, 0.05) is 5.56 Å². The van der Waals surface area contributed by atoms with Crippen molar-refractivity contribution in [2.24, 2.45) is 11.5 Å². The van der Waals surface area contributed by atoms with Gasteiger partial charge < -0.3 is 16.5 Å². The fraction of sp³-hybridized carbons (Fsp3) is 0.364. The topological polar surface area (TPSA) is 159 Å². The van der Waals surface area contributed by atoms with Crippen LogP contribution in [0.15, 0.2) is 53.7 Å². The van der Waals surface area contributed by atoms with Crippen molar-refractivity contribution in [3.8, 4) is 11.1 Å². The molecule has 0 radical (unpaired) electrons. The van der Waals surface area contributed by atoms with Crippen molar-refractivity contribution in [2.75, 3.05) is 0 Å². The number of unbranched alkanes of at least 4 members (excludes halogenated alkanes) is 5. The summed E-state index contributed by atoms with van der Waals surface area (Å²) in [6, 6.07) is 14.9. The number of nitrogens with two attached hydrogens (primary N) is 2. The predicted octanol–water partition coefficient (Wildman–Crippen LogP) is 4.68. The minimum absolute atomic E-state index is 0.333. The molecule has 0 bridgehead atoms. The molecule has 2 aromatic carbocycles. The van der Waals surface area contributed by atoms with Crippen LogP contribution < -0.4 is 11.5 Å². The van der Waals surface area contributed by atoms with E-state index in [0.717, 1.165) is 11.1 Å². The molecule has 0 unspecified atom stereocenters. The number of benzene rings is 2. The molecule has 0 atom stereocenters. The lowest BCUT2D eigenvalue weighted by Crippen LogP contribution is -2.20. The summed E-state index contributed by atoms with van der Waals surface area (Å²) >= 11 is 0. The summed E-state index contributed by atoms with van der Waals surface area (Å²) in [6.45, 7) is 4.51. The fourth-order valence-electron chi connectivity index (χ4n) is 2.84. The van der Waals surface area contributed by atoms with E-state index in [-0.39, 0.29) is 5.96 Å². The van der Waals surface area contributed by atoms with Crippen LogP contribution in [0, 0.1) is 5.41 Å². The van der Waals surface area contributed by atoms with E-state index in [4.69, 9.17) is 9.96 Å². The largest absolute Gasteiger partial charge is 0.370 e. The molecule has 1 aromatic heterocycles. The Balaban J connectivity index is 0.000000336. The highest BCUT2D eigenvalue weighted by Gasteiger charge is 2.17. The van der Waals surface area contributed by atoms with Gasteiger partial charge in [0.1, 0.15) is 0 Å². The van der Waals surface area contributed by atoms with Gasteiger partial charge in [-0.25, -0.2) is 4.98 Å². The van der Waals surface area contributed by atoms with Crippen LogP contribution >= 0.6 is 0 Å². The van der Waals surface area contributed by atoms with Gasteiger partial charge in [-0.3, -0.25) is 9.96 Å². The Hall–Kier alpha value is -2.91. The Kier molecular flexibility index (Phi) is 11.3. The summed E-state index contributed by atoms with van der Waals surface area (Å²) in [4.78, 5) is 6.56. The maximum Gasteiger partial charge on any atom is 0.328 e. The number of para-hydroxylation sites is 1. The van der Waals surface area contributed by atoms with E-state index in [1.54, 1.807) is 12.1 Å². The molecule has 0 aliphatic carbocycles. The Bertz CT molecular complexity index is 1020. The van der Waals surface area contributed by atoms with E-state index in [2.05, 4.69) is 35.3 Å². The molecule has 0 fully saturated rings. The first-order valence-corrected chi connectivity index (χ1v) is 11.8. The third kappa shape index (κ3) is 9.63. The van der Waals surface area contributed by atoms with Crippen molar-refractivity contribution < 1.29 is 13.0 Å². The smallest absolute Gasteiger partial charge is 0.328 e. The number of fused-ring (bicyclic) bond motifs is 1. The number of rotatable bonds is 7. The maximum atomic E-state index is 11.1. The number of nitrogens with zero attached hydrogens (tertiary/aromatic N) is 1. The monoisotopic (exact) mass is 447 g/mol. The molecular weight excluding hydrogens is 414 g/mol. The average Bonchev–Trinajstić information content (AvgIpc) is 3.17. The molecule has 0 spiro atoms. The number of guanidine groups is 1. The highest BCUT2D eigenvalue weighted by Crippen LogP contribution is 2.27. The first kappa shape index (κ1) is 26.1. The molecule has 3 aromatic rings. The number of aromatic nitrogens is 2. The zero-order valence-electron chi connectivity index (χ0n) is 18.1. The second kappa shape index (κ2) is 13.4. The summed E-state index contributed by atoms with van der Waals surface area (Å²) in [5.41, 5.74) is 11.8. The second-order valence-corrected chi connectivity index (χ2v) is 8.29. The van der Waals surface area contributed by atoms with Crippen LogP contribution in [-0.2, 0) is 10.1 Å². The van der Waals surface area contributed by atoms with Gasteiger partial charge in [0.05, 0.1) is 11.0 Å². The van der Waals surface area contributed by atoms with Crippen LogP contribution in [0.1, 0.15) is 52.4 Å². The number of imidazole rings is 1. The molecule has 0 aliphatic heterocycles. The van der Waals surface area contributed by atoms with Crippen molar-refractivity contribution in [3.63, 3.8) is 0 Å². The molecule has 8 nitrogen and oxygen atoms in total. The highest BCUT2D eigenvalue weighted by molar-refractivity contribution is 7.85. The SMILES string of the molecule is CCCCCCCC.N=C(N)N.O=S(=O)(O)c1nc2c(-c3ccccc3)cccc2[nH]1. The van der Waals surface area contributed by atoms with Crippen molar-refractivity contribution in [2.45, 2.75) is 57.5 Å². The van der Waals surface area contributed by atoms with Crippen molar-refractivity contribution in [1.82, 2.24) is 9.97 Å². The third-order valence-electron chi connectivity index (χ3n) is 4.28. The molecular formula is C22H33N5O3S. The summed E-state index contributed by atoms with van der Waals surface area (Å²) in [5.74, 6) is -0.333. The van der Waals surface area contributed by atoms with Gasteiger partial charge in [-0.2, -0.15) is 8.42 Å². The van der Waals surface area contributed by atoms with Crippen molar-refractivity contribution >= 4 is 27.1 Å². The first-order chi connectivity index (χ1) is 14.7. The fourth-order valence-corrected chi connectivity index (χ4v) is 3.28. The molecule has 0 aliphatic rings. The van der Waals surface area contributed by atoms with Gasteiger partial charge in [-0.15, -0.1) is 0 Å². The van der Waals surface area contributed by atoms with Gasteiger partial charge in [-0.1, -0.05) is 94.8 Å². The van der Waals surface area contributed by atoms with E-state index in [9.17, 15) is 8.42 Å². The average molecular weight is 448 g/mol. The number of H-pyrrole nitrogens is 1. The molecule has 31 heavy (non-hydrogen) atoms. The van der Waals surface area contributed by atoms with E-state index in [0.29, 0.717) is 11.0 Å². The minimum Gasteiger partial charge on any atom is -0.370 e. The lowest BCUT2D eigenvalue weighted by Gasteiger charge is -2.01. The van der Waals surface area contributed by atoms with Gasteiger partial charge in [0.15, 0.2) is 5.96 Å². The number of hydrogen-bond donors (Lipinski definition) is 5. The lowest BCUT2D eigenvalue weighted by molar-refractivity contribution is 0.476. The van der Waals surface area contributed by atoms with Gasteiger partial charge in [-0.05, 0) is 11.6 Å². The summed E-state index contributed by atoms with van der Waals surface area (Å²) in [5, 5.41) is 5.62. The van der Waals surface area contributed by atoms with Crippen molar-refractivity contribution in [3.05, 3.63) is 48.5 Å². The summed E-state index contributed by atoms with van der Waals surface area (Å²) in [7, 11) is -4.33. The maximum absolute atomic E-state index is 11.1. The highest BCUT2D eigenvalue weighted by atomic mass is 32.2. The molecule has 170 valence electrons. The number of aromatic amines is 1. The van der Waals surface area contributed by atoms with Crippen LogP contribution in [0.4, 0.5) is 0 Å². The Labute approximate surface area is 184 Å². The Morgan fingerprint density at radius 2 is 1.52 bits per heavy atom. The zero-order chi connectivity index (χ0) is 23.3. The predicted molar refractivity (Wildman–Crippen MR) is 126 cm³/mol. The van der Waals surface area contributed by atoms with E-state index in [1.807, 2.05) is 36.4 Å². The van der Waals surface area contributed by atoms with Crippen LogP contribution in [0.25, 0.3) is 22.2 Å². The van der Waals surface area contributed by atoms with Crippen LogP contribution in [0.3, 0.4) is 0 Å². The zero-order valence-corrected chi connectivity index (χ0v) is 19.0. The molecule has 7 N–H and O–H groups in total. The molecule has 0 amide bonds. The second-order valence-electron chi connectivity index (χ2n) is 6.95. The standard InChI is InChI=1S/C13H10N2O3S.C8H18.CH5N3/c16-19(17,18)13-14-11-8-4-7-10(12(11)15-13)9-5-2-1-3-6-9;1-3-5-7-8-6-4-2;2-1(3)4/h1-8H,(H,14,15)(H,16,17,18);3-8H2,1-2H3;(H5,2,3,4). The molecule has 9 heteroatoms. The lowest BCUT2D eigenvalue weighted by atomic mass is 10.0. The van der Waals surface area contributed by atoms with E-state index in [1.165, 1.54) is 38.5 Å². The summed E-state index contributed by atoms with van der Waals surface area (Å²) in [6.07, 6.45) is 8.49. The molecule has 0 saturated heterocycles.